The Hall–Kier alpha value is -2.37. The van der Waals surface area contributed by atoms with E-state index in [1.54, 1.807) is 13.2 Å². The number of carbonyl (C=O) groups excluding carboxylic acids is 1. The topological polar surface area (TPSA) is 50.4 Å². The standard InChI is InChI=1S/C29H34Cl2N2O2/c1-3-21(16-17-32-18-19-35-2)28(33-24-14-15-25(30)26(31)20-24)27(22-10-6-4-7-11-22)29(34)23-12-8-5-9-13-23/h4-15,20-21,27-28,32-33H,3,16-19H2,1-2H3. The van der Waals surface area contributed by atoms with Crippen LogP contribution in [0.15, 0.2) is 78.9 Å². The summed E-state index contributed by atoms with van der Waals surface area (Å²) in [6, 6.07) is 24.9. The third-order valence-electron chi connectivity index (χ3n) is 6.32. The molecule has 3 aromatic rings. The monoisotopic (exact) mass is 512 g/mol. The molecule has 35 heavy (non-hydrogen) atoms. The Balaban J connectivity index is 2.00. The predicted molar refractivity (Wildman–Crippen MR) is 147 cm³/mol. The number of halogens is 2. The van der Waals surface area contributed by atoms with Gasteiger partial charge in [0.25, 0.3) is 0 Å². The molecule has 0 aromatic heterocycles. The Labute approximate surface area is 219 Å². The number of rotatable bonds is 14. The summed E-state index contributed by atoms with van der Waals surface area (Å²) >= 11 is 12.5. The summed E-state index contributed by atoms with van der Waals surface area (Å²) in [6.45, 7) is 4.48. The molecule has 0 aliphatic heterocycles. The summed E-state index contributed by atoms with van der Waals surface area (Å²) in [7, 11) is 1.70. The van der Waals surface area contributed by atoms with Gasteiger partial charge in [-0.15, -0.1) is 0 Å². The first-order chi connectivity index (χ1) is 17.0. The van der Waals surface area contributed by atoms with Gasteiger partial charge in [-0.1, -0.05) is 97.2 Å². The zero-order chi connectivity index (χ0) is 25.0. The van der Waals surface area contributed by atoms with Crippen molar-refractivity contribution in [3.8, 4) is 0 Å². The minimum Gasteiger partial charge on any atom is -0.383 e. The number of ether oxygens (including phenoxy) is 1. The maximum Gasteiger partial charge on any atom is 0.172 e. The number of hydrogen-bond acceptors (Lipinski definition) is 4. The van der Waals surface area contributed by atoms with Gasteiger partial charge in [-0.25, -0.2) is 0 Å². The third-order valence-corrected chi connectivity index (χ3v) is 7.06. The Bertz CT molecular complexity index is 1050. The lowest BCUT2D eigenvalue weighted by Gasteiger charge is -2.35. The Morgan fingerprint density at radius 1 is 0.914 bits per heavy atom. The molecule has 0 bridgehead atoms. The van der Waals surface area contributed by atoms with Crippen molar-refractivity contribution in [2.75, 3.05) is 32.1 Å². The van der Waals surface area contributed by atoms with Gasteiger partial charge in [-0.05, 0) is 42.6 Å². The highest BCUT2D eigenvalue weighted by atomic mass is 35.5. The number of methoxy groups -OCH3 is 1. The molecule has 4 nitrogen and oxygen atoms in total. The lowest BCUT2D eigenvalue weighted by Crippen LogP contribution is -2.40. The molecular formula is C29H34Cl2N2O2. The van der Waals surface area contributed by atoms with Gasteiger partial charge in [0, 0.05) is 30.9 Å². The second-order valence-electron chi connectivity index (χ2n) is 8.62. The quantitative estimate of drug-likeness (QED) is 0.178. The number of ketones is 1. The van der Waals surface area contributed by atoms with Gasteiger partial charge in [-0.2, -0.15) is 0 Å². The van der Waals surface area contributed by atoms with Crippen molar-refractivity contribution in [3.63, 3.8) is 0 Å². The number of Topliss-reactive ketones (excluding diaryl/α,β-unsaturated/α-hetero) is 1. The Kier molecular flexibility index (Phi) is 11.1. The molecule has 2 N–H and O–H groups in total. The predicted octanol–water partition coefficient (Wildman–Crippen LogP) is 7.09. The van der Waals surface area contributed by atoms with E-state index in [9.17, 15) is 4.79 Å². The van der Waals surface area contributed by atoms with Crippen molar-refractivity contribution in [2.45, 2.75) is 31.7 Å². The van der Waals surface area contributed by atoms with Crippen molar-refractivity contribution in [2.24, 2.45) is 5.92 Å². The maximum atomic E-state index is 14.0. The summed E-state index contributed by atoms with van der Waals surface area (Å²) in [5.41, 5.74) is 2.54. The molecule has 6 heteroatoms. The van der Waals surface area contributed by atoms with Crippen LogP contribution in [0.1, 0.15) is 41.6 Å². The molecule has 3 atom stereocenters. The average molecular weight is 514 g/mol. The lowest BCUT2D eigenvalue weighted by molar-refractivity contribution is 0.0937. The number of nitrogens with one attached hydrogen (secondary N) is 2. The van der Waals surface area contributed by atoms with Crippen LogP contribution in [0.2, 0.25) is 10.0 Å². The van der Waals surface area contributed by atoms with Crippen LogP contribution in [0.3, 0.4) is 0 Å². The molecule has 0 amide bonds. The van der Waals surface area contributed by atoms with Crippen LogP contribution in [0.5, 0.6) is 0 Å². The van der Waals surface area contributed by atoms with Crippen molar-refractivity contribution < 1.29 is 9.53 Å². The van der Waals surface area contributed by atoms with E-state index >= 15 is 0 Å². The first kappa shape index (κ1) is 27.2. The number of carbonyl (C=O) groups is 1. The highest BCUT2D eigenvalue weighted by molar-refractivity contribution is 6.42. The Morgan fingerprint density at radius 3 is 2.23 bits per heavy atom. The second-order valence-corrected chi connectivity index (χ2v) is 9.43. The van der Waals surface area contributed by atoms with Crippen molar-refractivity contribution in [3.05, 3.63) is 100 Å². The van der Waals surface area contributed by atoms with Crippen molar-refractivity contribution >= 4 is 34.7 Å². The molecule has 0 spiro atoms. The molecule has 3 aromatic carbocycles. The summed E-state index contributed by atoms with van der Waals surface area (Å²) in [5, 5.41) is 8.12. The van der Waals surface area contributed by atoms with E-state index in [-0.39, 0.29) is 23.7 Å². The first-order valence-electron chi connectivity index (χ1n) is 12.1. The number of anilines is 1. The SMILES string of the molecule is CCC(CCNCCOC)C(Nc1ccc(Cl)c(Cl)c1)C(C(=O)c1ccccc1)c1ccccc1. The normalized spacial score (nSPS) is 13.7. The van der Waals surface area contributed by atoms with E-state index in [4.69, 9.17) is 27.9 Å². The molecule has 0 heterocycles. The largest absolute Gasteiger partial charge is 0.383 e. The molecule has 0 fully saturated rings. The molecule has 3 rings (SSSR count). The fourth-order valence-electron chi connectivity index (χ4n) is 4.44. The summed E-state index contributed by atoms with van der Waals surface area (Å²) in [6.07, 6.45) is 1.82. The summed E-state index contributed by atoms with van der Waals surface area (Å²) in [5.74, 6) is -0.0606. The van der Waals surface area contributed by atoms with Gasteiger partial charge in [0.15, 0.2) is 5.78 Å². The molecule has 0 saturated carbocycles. The molecule has 0 aliphatic rings. The van der Waals surface area contributed by atoms with Crippen LogP contribution in [0.25, 0.3) is 0 Å². The maximum absolute atomic E-state index is 14.0. The Morgan fingerprint density at radius 2 is 1.60 bits per heavy atom. The highest BCUT2D eigenvalue weighted by Crippen LogP contribution is 2.35. The molecule has 186 valence electrons. The molecular weight excluding hydrogens is 479 g/mol. The van der Waals surface area contributed by atoms with E-state index in [1.165, 1.54) is 0 Å². The van der Waals surface area contributed by atoms with Crippen LogP contribution in [-0.2, 0) is 4.74 Å². The summed E-state index contributed by atoms with van der Waals surface area (Å²) < 4.78 is 5.16. The first-order valence-corrected chi connectivity index (χ1v) is 12.9. The van der Waals surface area contributed by atoms with Gasteiger partial charge in [-0.3, -0.25) is 4.79 Å². The lowest BCUT2D eigenvalue weighted by atomic mass is 9.76. The van der Waals surface area contributed by atoms with Crippen LogP contribution in [0, 0.1) is 5.92 Å². The van der Waals surface area contributed by atoms with Gasteiger partial charge in [0.1, 0.15) is 0 Å². The zero-order valence-electron chi connectivity index (χ0n) is 20.3. The smallest absolute Gasteiger partial charge is 0.172 e. The van der Waals surface area contributed by atoms with Gasteiger partial charge < -0.3 is 15.4 Å². The molecule has 0 saturated heterocycles. The van der Waals surface area contributed by atoms with E-state index in [0.717, 1.165) is 37.2 Å². The molecule has 0 radical (unpaired) electrons. The minimum absolute atomic E-state index is 0.0974. The zero-order valence-corrected chi connectivity index (χ0v) is 21.9. The summed E-state index contributed by atoms with van der Waals surface area (Å²) in [4.78, 5) is 14.0. The van der Waals surface area contributed by atoms with Crippen LogP contribution in [0.4, 0.5) is 5.69 Å². The molecule has 3 unspecified atom stereocenters. The van der Waals surface area contributed by atoms with E-state index in [1.807, 2.05) is 72.8 Å². The minimum atomic E-state index is -0.378. The fraction of sp³-hybridized carbons (Fsp3) is 0.345. The van der Waals surface area contributed by atoms with E-state index < -0.39 is 0 Å². The van der Waals surface area contributed by atoms with Crippen molar-refractivity contribution in [1.82, 2.24) is 5.32 Å². The van der Waals surface area contributed by atoms with E-state index in [0.29, 0.717) is 22.2 Å². The van der Waals surface area contributed by atoms with Crippen LogP contribution in [-0.4, -0.2) is 38.6 Å². The van der Waals surface area contributed by atoms with Gasteiger partial charge >= 0.3 is 0 Å². The second kappa shape index (κ2) is 14.3. The highest BCUT2D eigenvalue weighted by Gasteiger charge is 2.35. The van der Waals surface area contributed by atoms with Crippen LogP contribution < -0.4 is 10.6 Å². The van der Waals surface area contributed by atoms with E-state index in [2.05, 4.69) is 17.6 Å². The van der Waals surface area contributed by atoms with Crippen molar-refractivity contribution in [1.29, 1.82) is 0 Å². The third kappa shape index (κ3) is 7.81. The number of hydrogen-bond donors (Lipinski definition) is 2. The van der Waals surface area contributed by atoms with Crippen LogP contribution >= 0.6 is 23.2 Å². The van der Waals surface area contributed by atoms with Gasteiger partial charge in [0.05, 0.1) is 22.6 Å². The fourth-order valence-corrected chi connectivity index (χ4v) is 4.74. The molecule has 0 aliphatic carbocycles. The number of benzene rings is 3. The average Bonchev–Trinajstić information content (AvgIpc) is 2.89. The van der Waals surface area contributed by atoms with Gasteiger partial charge in [0.2, 0.25) is 0 Å².